The van der Waals surface area contributed by atoms with Crippen LogP contribution in [0.2, 0.25) is 0 Å². The molecule has 5 heteroatoms. The van der Waals surface area contributed by atoms with Crippen LogP contribution in [0, 0.1) is 10.5 Å². The highest BCUT2D eigenvalue weighted by molar-refractivity contribution is 14.1. The van der Waals surface area contributed by atoms with Crippen molar-refractivity contribution in [3.8, 4) is 0 Å². The first-order chi connectivity index (χ1) is 7.61. The third kappa shape index (κ3) is 2.04. The van der Waals surface area contributed by atoms with Gasteiger partial charge in [-0.25, -0.2) is 9.78 Å². The van der Waals surface area contributed by atoms with Gasteiger partial charge >= 0.3 is 5.97 Å². The second-order valence-electron chi connectivity index (χ2n) is 3.44. The number of carbonyl (C=O) groups excluding carboxylic acids is 1. The molecule has 0 aliphatic heterocycles. The van der Waals surface area contributed by atoms with Crippen LogP contribution in [0.25, 0.3) is 5.65 Å². The van der Waals surface area contributed by atoms with Crippen molar-refractivity contribution in [2.24, 2.45) is 0 Å². The second kappa shape index (κ2) is 4.40. The Kier molecular flexibility index (Phi) is 3.13. The van der Waals surface area contributed by atoms with Crippen molar-refractivity contribution in [2.45, 2.75) is 13.8 Å². The van der Waals surface area contributed by atoms with Crippen LogP contribution < -0.4 is 0 Å². The molecule has 0 amide bonds. The van der Waals surface area contributed by atoms with Crippen molar-refractivity contribution >= 4 is 34.2 Å². The Bertz CT molecular complexity index is 548. The molecule has 0 unspecified atom stereocenters. The average Bonchev–Trinajstić information content (AvgIpc) is 2.62. The van der Waals surface area contributed by atoms with Gasteiger partial charge in [0, 0.05) is 12.4 Å². The number of esters is 1. The van der Waals surface area contributed by atoms with E-state index in [4.69, 9.17) is 4.74 Å². The number of aromatic nitrogens is 2. The average molecular weight is 330 g/mol. The Hall–Kier alpha value is -1.11. The van der Waals surface area contributed by atoms with E-state index in [9.17, 15) is 4.79 Å². The fourth-order valence-electron chi connectivity index (χ4n) is 1.49. The lowest BCUT2D eigenvalue weighted by molar-refractivity contribution is 0.0520. The van der Waals surface area contributed by atoms with Crippen molar-refractivity contribution in [1.82, 2.24) is 9.38 Å². The number of pyridine rings is 1. The summed E-state index contributed by atoms with van der Waals surface area (Å²) in [4.78, 5) is 15.8. The highest BCUT2D eigenvalue weighted by Crippen LogP contribution is 2.16. The number of carbonyl (C=O) groups is 1. The normalized spacial score (nSPS) is 10.7. The van der Waals surface area contributed by atoms with Crippen LogP contribution in [-0.2, 0) is 4.74 Å². The first-order valence-corrected chi connectivity index (χ1v) is 6.01. The highest BCUT2D eigenvalue weighted by Gasteiger charge is 2.13. The highest BCUT2D eigenvalue weighted by atomic mass is 127. The van der Waals surface area contributed by atoms with Crippen LogP contribution in [0.1, 0.15) is 23.0 Å². The van der Waals surface area contributed by atoms with Crippen molar-refractivity contribution in [3.63, 3.8) is 0 Å². The Balaban J connectivity index is 2.51. The number of ether oxygens (including phenoxy) is 1. The van der Waals surface area contributed by atoms with E-state index >= 15 is 0 Å². The van der Waals surface area contributed by atoms with Gasteiger partial charge in [-0.1, -0.05) is 0 Å². The number of nitrogens with zero attached hydrogens (tertiary/aromatic N) is 2. The monoisotopic (exact) mass is 330 g/mol. The Labute approximate surface area is 107 Å². The summed E-state index contributed by atoms with van der Waals surface area (Å²) in [5, 5.41) is 0. The fourth-order valence-corrected chi connectivity index (χ4v) is 2.38. The van der Waals surface area contributed by atoms with E-state index in [1.54, 1.807) is 13.1 Å². The van der Waals surface area contributed by atoms with Gasteiger partial charge in [-0.05, 0) is 48.1 Å². The van der Waals surface area contributed by atoms with Gasteiger partial charge in [-0.2, -0.15) is 0 Å². The first kappa shape index (κ1) is 11.4. The van der Waals surface area contributed by atoms with E-state index in [0.29, 0.717) is 12.3 Å². The maximum absolute atomic E-state index is 11.5. The van der Waals surface area contributed by atoms with Crippen LogP contribution in [0.4, 0.5) is 0 Å². The van der Waals surface area contributed by atoms with E-state index < -0.39 is 0 Å². The van der Waals surface area contributed by atoms with Crippen LogP contribution in [-0.4, -0.2) is 22.0 Å². The topological polar surface area (TPSA) is 43.6 Å². The quantitative estimate of drug-likeness (QED) is 0.627. The Morgan fingerprint density at radius 2 is 2.31 bits per heavy atom. The molecule has 0 aliphatic rings. The van der Waals surface area contributed by atoms with Crippen LogP contribution >= 0.6 is 22.6 Å². The minimum atomic E-state index is -0.375. The molecule has 0 bridgehead atoms. The van der Waals surface area contributed by atoms with Crippen molar-refractivity contribution in [1.29, 1.82) is 0 Å². The SMILES string of the molecule is CCOC(=O)c1cn2cc(C)cc(I)c2n1. The summed E-state index contributed by atoms with van der Waals surface area (Å²) in [6, 6.07) is 2.03. The summed E-state index contributed by atoms with van der Waals surface area (Å²) < 4.78 is 7.78. The molecule has 0 saturated carbocycles. The van der Waals surface area contributed by atoms with Gasteiger partial charge in [0.25, 0.3) is 0 Å². The fraction of sp³-hybridized carbons (Fsp3) is 0.273. The minimum absolute atomic E-state index is 0.352. The number of hydrogen-bond acceptors (Lipinski definition) is 3. The number of fused-ring (bicyclic) bond motifs is 1. The van der Waals surface area contributed by atoms with Gasteiger partial charge in [-0.3, -0.25) is 0 Å². The zero-order valence-electron chi connectivity index (χ0n) is 9.03. The predicted molar refractivity (Wildman–Crippen MR) is 68.6 cm³/mol. The van der Waals surface area contributed by atoms with E-state index in [2.05, 4.69) is 27.6 Å². The number of hydrogen-bond donors (Lipinski definition) is 0. The summed E-state index contributed by atoms with van der Waals surface area (Å²) in [5.74, 6) is -0.375. The molecular weight excluding hydrogens is 319 g/mol. The molecule has 84 valence electrons. The number of halogens is 1. The van der Waals surface area contributed by atoms with E-state index in [1.165, 1.54) is 0 Å². The minimum Gasteiger partial charge on any atom is -0.461 e. The molecular formula is C11H11IN2O2. The van der Waals surface area contributed by atoms with Crippen molar-refractivity contribution in [3.05, 3.63) is 33.3 Å². The maximum atomic E-state index is 11.5. The van der Waals surface area contributed by atoms with E-state index in [0.717, 1.165) is 14.8 Å². The molecule has 0 aromatic carbocycles. The largest absolute Gasteiger partial charge is 0.461 e. The summed E-state index contributed by atoms with van der Waals surface area (Å²) in [7, 11) is 0. The second-order valence-corrected chi connectivity index (χ2v) is 4.61. The summed E-state index contributed by atoms with van der Waals surface area (Å²) in [6.45, 7) is 4.15. The molecule has 2 aromatic rings. The van der Waals surface area contributed by atoms with Crippen molar-refractivity contribution in [2.75, 3.05) is 6.61 Å². The van der Waals surface area contributed by atoms with E-state index in [-0.39, 0.29) is 5.97 Å². The number of aryl methyl sites for hydroxylation is 1. The molecule has 0 saturated heterocycles. The molecule has 4 nitrogen and oxygen atoms in total. The molecule has 0 fully saturated rings. The van der Waals surface area contributed by atoms with Gasteiger partial charge in [0.2, 0.25) is 0 Å². The Morgan fingerprint density at radius 3 is 3.00 bits per heavy atom. The van der Waals surface area contributed by atoms with Gasteiger partial charge < -0.3 is 9.14 Å². The van der Waals surface area contributed by atoms with Crippen molar-refractivity contribution < 1.29 is 9.53 Å². The number of imidazole rings is 1. The maximum Gasteiger partial charge on any atom is 0.358 e. The molecule has 0 atom stereocenters. The van der Waals surface area contributed by atoms with Crippen LogP contribution in [0.3, 0.4) is 0 Å². The number of rotatable bonds is 2. The summed E-state index contributed by atoms with van der Waals surface area (Å²) in [5.41, 5.74) is 2.27. The molecule has 2 heterocycles. The van der Waals surface area contributed by atoms with E-state index in [1.807, 2.05) is 23.6 Å². The molecule has 0 radical (unpaired) electrons. The first-order valence-electron chi connectivity index (χ1n) is 4.93. The zero-order chi connectivity index (χ0) is 11.7. The Morgan fingerprint density at radius 1 is 1.56 bits per heavy atom. The summed E-state index contributed by atoms with van der Waals surface area (Å²) >= 11 is 2.21. The van der Waals surface area contributed by atoms with Gasteiger partial charge in [0.05, 0.1) is 10.2 Å². The molecule has 0 aliphatic carbocycles. The smallest absolute Gasteiger partial charge is 0.358 e. The molecule has 0 spiro atoms. The van der Waals surface area contributed by atoms with Gasteiger partial charge in [0.15, 0.2) is 11.3 Å². The third-order valence-electron chi connectivity index (χ3n) is 2.13. The lowest BCUT2D eigenvalue weighted by Crippen LogP contribution is -2.04. The predicted octanol–water partition coefficient (Wildman–Crippen LogP) is 2.42. The van der Waals surface area contributed by atoms with Crippen LogP contribution in [0.15, 0.2) is 18.5 Å². The lowest BCUT2D eigenvalue weighted by Gasteiger charge is -1.97. The van der Waals surface area contributed by atoms with Crippen LogP contribution in [0.5, 0.6) is 0 Å². The van der Waals surface area contributed by atoms with Gasteiger partial charge in [0.1, 0.15) is 0 Å². The molecule has 2 rings (SSSR count). The zero-order valence-corrected chi connectivity index (χ0v) is 11.2. The third-order valence-corrected chi connectivity index (χ3v) is 2.92. The molecule has 16 heavy (non-hydrogen) atoms. The standard InChI is InChI=1S/C11H11IN2O2/c1-3-16-11(15)9-6-14-5-7(2)4-8(12)10(14)13-9/h4-6H,3H2,1-2H3. The molecule has 2 aromatic heterocycles. The van der Waals surface area contributed by atoms with Gasteiger partial charge in [-0.15, -0.1) is 0 Å². The molecule has 0 N–H and O–H groups in total. The lowest BCUT2D eigenvalue weighted by atomic mass is 10.3. The summed E-state index contributed by atoms with van der Waals surface area (Å²) in [6.07, 6.45) is 3.63.